The Morgan fingerprint density at radius 2 is 1.78 bits per heavy atom. The number of benzene rings is 1. The Kier molecular flexibility index (Phi) is 10.4. The van der Waals surface area contributed by atoms with Gasteiger partial charge in [-0.3, -0.25) is 13.2 Å². The monoisotopic (exact) mass is 345 g/mol. The first-order chi connectivity index (χ1) is 10.6. The number of carbonyl (C=O) groups is 1. The first-order valence-corrected chi connectivity index (χ1v) is 8.43. The highest BCUT2D eigenvalue weighted by Gasteiger charge is 2.15. The van der Waals surface area contributed by atoms with Crippen molar-refractivity contribution in [2.24, 2.45) is 11.5 Å². The van der Waals surface area contributed by atoms with Crippen molar-refractivity contribution in [2.75, 3.05) is 6.54 Å². The number of nitrogens with two attached hydrogens (primary N) is 2. The molecule has 0 aliphatic rings. The van der Waals surface area contributed by atoms with Crippen LogP contribution in [0.2, 0.25) is 0 Å². The van der Waals surface area contributed by atoms with Crippen LogP contribution in [-0.4, -0.2) is 42.1 Å². The lowest BCUT2D eigenvalue weighted by molar-refractivity contribution is -0.123. The molecule has 0 fully saturated rings. The molecule has 5 N–H and O–H groups in total. The lowest BCUT2D eigenvalue weighted by atomic mass is 10.1. The summed E-state index contributed by atoms with van der Waals surface area (Å²) in [5.41, 5.74) is 12.4. The zero-order chi connectivity index (χ0) is 17.9. The van der Waals surface area contributed by atoms with Crippen molar-refractivity contribution in [3.63, 3.8) is 0 Å². The van der Waals surface area contributed by atoms with Gasteiger partial charge in [-0.2, -0.15) is 0 Å². The molecule has 132 valence electrons. The molecule has 1 amide bonds. The largest absolute Gasteiger partial charge is 0.759 e. The van der Waals surface area contributed by atoms with Gasteiger partial charge in [-0.25, -0.2) is 0 Å². The highest BCUT2D eigenvalue weighted by molar-refractivity contribution is 7.79. The average Bonchev–Trinajstić information content (AvgIpc) is 2.43. The van der Waals surface area contributed by atoms with Crippen LogP contribution in [0.3, 0.4) is 0 Å². The molecular formula is C14H23N3O5S-2. The van der Waals surface area contributed by atoms with Crippen LogP contribution in [0.25, 0.3) is 0 Å². The number of nitrogens with one attached hydrogen (secondary N) is 1. The number of rotatable bonds is 7. The van der Waals surface area contributed by atoms with Gasteiger partial charge in [-0.05, 0) is 38.3 Å². The molecule has 0 aromatic heterocycles. The van der Waals surface area contributed by atoms with E-state index >= 15 is 0 Å². The van der Waals surface area contributed by atoms with E-state index in [0.29, 0.717) is 13.0 Å². The topological polar surface area (TPSA) is 161 Å². The maximum absolute atomic E-state index is 11.8. The molecule has 8 nitrogen and oxygen atoms in total. The molecule has 0 aliphatic heterocycles. The number of hydrogen-bond acceptors (Lipinski definition) is 7. The van der Waals surface area contributed by atoms with Gasteiger partial charge in [0.2, 0.25) is 5.91 Å². The fraction of sp³-hybridized carbons (Fsp3) is 0.500. The van der Waals surface area contributed by atoms with Gasteiger partial charge in [0.1, 0.15) is 0 Å². The van der Waals surface area contributed by atoms with Crippen LogP contribution in [0.1, 0.15) is 25.3 Å². The molecule has 0 saturated heterocycles. The third-order valence-corrected chi connectivity index (χ3v) is 2.83. The minimum absolute atomic E-state index is 0.0869. The predicted molar refractivity (Wildman–Crippen MR) is 84.5 cm³/mol. The second-order valence-electron chi connectivity index (χ2n) is 5.05. The lowest BCUT2D eigenvalue weighted by Gasteiger charge is -2.17. The zero-order valence-electron chi connectivity index (χ0n) is 13.0. The summed E-state index contributed by atoms with van der Waals surface area (Å²) < 4.78 is 34.1. The van der Waals surface area contributed by atoms with E-state index in [1.165, 1.54) is 5.56 Å². The summed E-state index contributed by atoms with van der Waals surface area (Å²) in [5, 5.41) is 2.93. The summed E-state index contributed by atoms with van der Waals surface area (Å²) in [6.45, 7) is 2.56. The minimum atomic E-state index is -5.17. The van der Waals surface area contributed by atoms with E-state index in [9.17, 15) is 4.79 Å². The maximum atomic E-state index is 11.8. The van der Waals surface area contributed by atoms with Gasteiger partial charge >= 0.3 is 0 Å². The van der Waals surface area contributed by atoms with Crippen molar-refractivity contribution >= 4 is 16.3 Å². The Balaban J connectivity index is 0.000000841. The number of carbonyl (C=O) groups excluding carboxylic acids is 1. The molecule has 1 aromatic carbocycles. The second-order valence-corrected chi connectivity index (χ2v) is 5.86. The Morgan fingerprint density at radius 1 is 1.26 bits per heavy atom. The third-order valence-electron chi connectivity index (χ3n) is 2.83. The van der Waals surface area contributed by atoms with E-state index in [0.717, 1.165) is 12.8 Å². The molecule has 0 spiro atoms. The fourth-order valence-electron chi connectivity index (χ4n) is 1.84. The van der Waals surface area contributed by atoms with E-state index in [-0.39, 0.29) is 11.9 Å². The normalized spacial score (nSPS) is 13.4. The van der Waals surface area contributed by atoms with E-state index < -0.39 is 16.4 Å². The van der Waals surface area contributed by atoms with Gasteiger partial charge < -0.3 is 25.9 Å². The number of hydrogen-bond donors (Lipinski definition) is 3. The average molecular weight is 345 g/mol. The minimum Gasteiger partial charge on any atom is -0.759 e. The van der Waals surface area contributed by atoms with Crippen molar-refractivity contribution in [3.05, 3.63) is 35.9 Å². The molecule has 0 saturated carbocycles. The smallest absolute Gasteiger partial charge is 0.237 e. The van der Waals surface area contributed by atoms with Gasteiger partial charge in [0.05, 0.1) is 6.04 Å². The van der Waals surface area contributed by atoms with Gasteiger partial charge in [0.25, 0.3) is 0 Å². The zero-order valence-corrected chi connectivity index (χ0v) is 13.8. The first kappa shape index (κ1) is 21.5. The van der Waals surface area contributed by atoms with Crippen LogP contribution in [0.15, 0.2) is 30.3 Å². The highest BCUT2D eigenvalue weighted by atomic mass is 32.3. The quantitative estimate of drug-likeness (QED) is 0.441. The van der Waals surface area contributed by atoms with E-state index in [1.54, 1.807) is 0 Å². The summed E-state index contributed by atoms with van der Waals surface area (Å²) in [6, 6.07) is 9.72. The van der Waals surface area contributed by atoms with Gasteiger partial charge in [0, 0.05) is 16.4 Å². The summed E-state index contributed by atoms with van der Waals surface area (Å²) >= 11 is 0. The van der Waals surface area contributed by atoms with Crippen LogP contribution >= 0.6 is 0 Å². The molecule has 2 atom stereocenters. The van der Waals surface area contributed by atoms with Gasteiger partial charge in [-0.1, -0.05) is 30.3 Å². The predicted octanol–water partition coefficient (Wildman–Crippen LogP) is -0.538. The summed E-state index contributed by atoms with van der Waals surface area (Å²) in [7, 11) is -5.17. The Morgan fingerprint density at radius 3 is 2.26 bits per heavy atom. The molecule has 0 heterocycles. The van der Waals surface area contributed by atoms with Crippen molar-refractivity contribution in [2.45, 2.75) is 38.3 Å². The van der Waals surface area contributed by atoms with Crippen molar-refractivity contribution < 1.29 is 22.3 Å². The van der Waals surface area contributed by atoms with Crippen molar-refractivity contribution in [3.8, 4) is 0 Å². The molecule has 9 heteroatoms. The maximum Gasteiger partial charge on any atom is 0.237 e. The summed E-state index contributed by atoms with van der Waals surface area (Å²) in [6.07, 6.45) is 2.23. The van der Waals surface area contributed by atoms with Crippen LogP contribution in [0.5, 0.6) is 0 Å². The summed E-state index contributed by atoms with van der Waals surface area (Å²) in [5.74, 6) is -0.0909. The molecule has 1 rings (SSSR count). The van der Waals surface area contributed by atoms with Crippen LogP contribution in [0.4, 0.5) is 0 Å². The Labute approximate surface area is 136 Å². The second kappa shape index (κ2) is 11.1. The van der Waals surface area contributed by atoms with Crippen molar-refractivity contribution in [1.29, 1.82) is 0 Å². The van der Waals surface area contributed by atoms with Gasteiger partial charge in [-0.15, -0.1) is 0 Å². The van der Waals surface area contributed by atoms with Crippen LogP contribution in [0, 0.1) is 0 Å². The van der Waals surface area contributed by atoms with Crippen LogP contribution < -0.4 is 16.8 Å². The Bertz CT molecular complexity index is 543. The molecule has 1 unspecified atom stereocenters. The van der Waals surface area contributed by atoms with E-state index in [2.05, 4.69) is 17.4 Å². The molecule has 1 aromatic rings. The number of amides is 1. The van der Waals surface area contributed by atoms with Crippen molar-refractivity contribution in [1.82, 2.24) is 5.32 Å². The SMILES string of the molecule is C[C@@H](Cc1ccccc1)NC(=O)C(N)CCCN.O=S(=O)([O-])[O-]. The van der Waals surface area contributed by atoms with E-state index in [1.807, 2.05) is 25.1 Å². The Hall–Kier alpha value is -1.52. The first-order valence-electron chi connectivity index (χ1n) is 7.10. The third kappa shape index (κ3) is 13.8. The molecule has 0 bridgehead atoms. The molecular weight excluding hydrogens is 322 g/mol. The highest BCUT2D eigenvalue weighted by Crippen LogP contribution is 2.03. The standard InChI is InChI=1S/C14H23N3O.H2O4S/c1-11(10-12-6-3-2-4-7-12)17-14(18)13(16)8-5-9-15;1-5(2,3)4/h2-4,6-7,11,13H,5,8-10,15-16H2,1H3,(H,17,18);(H2,1,2,3,4)/p-2/t11-,13?;/m0./s1. The molecule has 23 heavy (non-hydrogen) atoms. The lowest BCUT2D eigenvalue weighted by Crippen LogP contribution is -2.45. The summed E-state index contributed by atoms with van der Waals surface area (Å²) in [4.78, 5) is 11.8. The fourth-order valence-corrected chi connectivity index (χ4v) is 1.84. The molecule has 0 aliphatic carbocycles. The van der Waals surface area contributed by atoms with Crippen LogP contribution in [-0.2, 0) is 21.6 Å². The molecule has 0 radical (unpaired) electrons. The van der Waals surface area contributed by atoms with E-state index in [4.69, 9.17) is 29.0 Å². The van der Waals surface area contributed by atoms with Gasteiger partial charge in [0.15, 0.2) is 0 Å².